The number of guanidine groups is 1. The maximum absolute atomic E-state index is 11.8. The summed E-state index contributed by atoms with van der Waals surface area (Å²) in [7, 11) is -0.298. The van der Waals surface area contributed by atoms with Gasteiger partial charge < -0.3 is 15.4 Å². The van der Waals surface area contributed by atoms with Crippen LogP contribution in [0.25, 0.3) is 0 Å². The van der Waals surface area contributed by atoms with E-state index in [-0.39, 0.29) is 40.5 Å². The lowest BCUT2D eigenvalue weighted by atomic mass is 9.90. The Morgan fingerprint density at radius 3 is 2.47 bits per heavy atom. The fourth-order valence-electron chi connectivity index (χ4n) is 3.38. The molecule has 7 nitrogen and oxygen atoms in total. The molecule has 0 bridgehead atoms. The van der Waals surface area contributed by atoms with Gasteiger partial charge in [-0.2, -0.15) is 0 Å². The minimum Gasteiger partial charge on any atom is -0.487 e. The van der Waals surface area contributed by atoms with E-state index >= 15 is 0 Å². The first-order chi connectivity index (χ1) is 13.7. The van der Waals surface area contributed by atoms with E-state index in [1.165, 1.54) is 7.05 Å². The van der Waals surface area contributed by atoms with Crippen molar-refractivity contribution >= 4 is 40.0 Å². The molecule has 1 unspecified atom stereocenters. The van der Waals surface area contributed by atoms with Gasteiger partial charge in [0, 0.05) is 25.6 Å². The van der Waals surface area contributed by atoms with E-state index in [4.69, 9.17) is 4.74 Å². The smallest absolute Gasteiger partial charge is 0.240 e. The molecule has 0 saturated heterocycles. The molecule has 0 amide bonds. The topological polar surface area (TPSA) is 91.8 Å². The maximum atomic E-state index is 11.8. The summed E-state index contributed by atoms with van der Waals surface area (Å²) in [5.74, 6) is 1.56. The highest BCUT2D eigenvalue weighted by atomic mass is 127. The van der Waals surface area contributed by atoms with Crippen LogP contribution in [0.1, 0.15) is 37.4 Å². The van der Waals surface area contributed by atoms with Crippen molar-refractivity contribution in [3.8, 4) is 5.75 Å². The average Bonchev–Trinajstić information content (AvgIpc) is 2.70. The molecule has 1 aliphatic heterocycles. The van der Waals surface area contributed by atoms with E-state index in [1.54, 1.807) is 31.3 Å². The number of ether oxygens (including phenoxy) is 1. The lowest BCUT2D eigenvalue weighted by molar-refractivity contribution is 0.0694. The number of aliphatic imine (C=N–C) groups is 1. The van der Waals surface area contributed by atoms with Crippen molar-refractivity contribution < 1.29 is 13.2 Å². The molecule has 2 aromatic carbocycles. The Hall–Kier alpha value is -1.85. The van der Waals surface area contributed by atoms with Crippen molar-refractivity contribution in [2.24, 2.45) is 4.99 Å². The molecular formula is C21H29IN4O3S. The monoisotopic (exact) mass is 544 g/mol. The summed E-state index contributed by atoms with van der Waals surface area (Å²) >= 11 is 0. The van der Waals surface area contributed by atoms with Gasteiger partial charge in [0.15, 0.2) is 5.96 Å². The van der Waals surface area contributed by atoms with Crippen molar-refractivity contribution in [1.29, 1.82) is 0 Å². The number of benzene rings is 2. The number of nitrogens with zero attached hydrogens (tertiary/aromatic N) is 1. The van der Waals surface area contributed by atoms with Crippen molar-refractivity contribution in [3.63, 3.8) is 0 Å². The zero-order valence-corrected chi connectivity index (χ0v) is 20.7. The number of para-hydroxylation sites is 1. The third-order valence-electron chi connectivity index (χ3n) is 4.87. The second-order valence-electron chi connectivity index (χ2n) is 7.58. The lowest BCUT2D eigenvalue weighted by Crippen LogP contribution is -2.45. The number of rotatable bonds is 5. The Bertz CT molecular complexity index is 992. The second-order valence-corrected chi connectivity index (χ2v) is 9.46. The van der Waals surface area contributed by atoms with Crippen molar-refractivity contribution in [2.45, 2.75) is 43.4 Å². The minimum atomic E-state index is -3.43. The van der Waals surface area contributed by atoms with E-state index in [1.807, 2.05) is 18.2 Å². The van der Waals surface area contributed by atoms with Crippen LogP contribution in [-0.2, 0) is 16.6 Å². The first-order valence-electron chi connectivity index (χ1n) is 9.52. The highest BCUT2D eigenvalue weighted by Gasteiger charge is 2.33. The van der Waals surface area contributed by atoms with Crippen LogP contribution in [0.3, 0.4) is 0 Å². The van der Waals surface area contributed by atoms with Crippen molar-refractivity contribution in [3.05, 3.63) is 59.7 Å². The third-order valence-corrected chi connectivity index (χ3v) is 6.30. The predicted molar refractivity (Wildman–Crippen MR) is 130 cm³/mol. The number of halogens is 1. The standard InChI is InChI=1S/C21H28N4O3S.HI/c1-21(2)13-18(17-7-5-6-8-19(17)28-21)25-20(22-3)24-14-15-9-11-16(12-10-15)29(26,27)23-4;/h5-12,18,23H,13-14H2,1-4H3,(H2,22,24,25);1H. The SMILES string of the molecule is CN=C(NCc1ccc(S(=O)(=O)NC)cc1)NC1CC(C)(C)Oc2ccccc21.I. The van der Waals surface area contributed by atoms with Crippen LogP contribution in [0.2, 0.25) is 0 Å². The van der Waals surface area contributed by atoms with Gasteiger partial charge in [-0.05, 0) is 44.7 Å². The van der Waals surface area contributed by atoms with Crippen LogP contribution in [0, 0.1) is 0 Å². The summed E-state index contributed by atoms with van der Waals surface area (Å²) in [5, 5.41) is 6.78. The fraction of sp³-hybridized carbons (Fsp3) is 0.381. The first kappa shape index (κ1) is 24.4. The Morgan fingerprint density at radius 2 is 1.83 bits per heavy atom. The number of fused-ring (bicyclic) bond motifs is 1. The van der Waals surface area contributed by atoms with Gasteiger partial charge in [0.25, 0.3) is 0 Å². The van der Waals surface area contributed by atoms with E-state index in [9.17, 15) is 8.42 Å². The zero-order chi connectivity index (χ0) is 21.1. The van der Waals surface area contributed by atoms with Crippen LogP contribution in [-0.4, -0.2) is 34.1 Å². The zero-order valence-electron chi connectivity index (χ0n) is 17.6. The Morgan fingerprint density at radius 1 is 1.17 bits per heavy atom. The summed E-state index contributed by atoms with van der Waals surface area (Å²) in [5.41, 5.74) is 1.78. The molecule has 30 heavy (non-hydrogen) atoms. The summed E-state index contributed by atoms with van der Waals surface area (Å²) < 4.78 is 32.1. The largest absolute Gasteiger partial charge is 0.487 e. The molecule has 3 rings (SSSR count). The molecule has 2 aromatic rings. The van der Waals surface area contributed by atoms with E-state index < -0.39 is 10.0 Å². The Balaban J connectivity index is 0.00000320. The van der Waals surface area contributed by atoms with Gasteiger partial charge in [0.2, 0.25) is 10.0 Å². The molecule has 1 heterocycles. The van der Waals surface area contributed by atoms with Gasteiger partial charge in [-0.3, -0.25) is 4.99 Å². The fourth-order valence-corrected chi connectivity index (χ4v) is 4.11. The minimum absolute atomic E-state index is 0. The predicted octanol–water partition coefficient (Wildman–Crippen LogP) is 3.18. The molecular weight excluding hydrogens is 515 g/mol. The lowest BCUT2D eigenvalue weighted by Gasteiger charge is -2.38. The Labute approximate surface area is 195 Å². The van der Waals surface area contributed by atoms with Gasteiger partial charge in [-0.25, -0.2) is 13.1 Å². The molecule has 164 valence electrons. The molecule has 3 N–H and O–H groups in total. The number of hydrogen-bond acceptors (Lipinski definition) is 4. The highest BCUT2D eigenvalue weighted by molar-refractivity contribution is 14.0. The molecule has 0 aliphatic carbocycles. The van der Waals surface area contributed by atoms with Crippen LogP contribution < -0.4 is 20.1 Å². The van der Waals surface area contributed by atoms with Crippen LogP contribution >= 0.6 is 24.0 Å². The number of hydrogen-bond donors (Lipinski definition) is 3. The molecule has 0 aromatic heterocycles. The second kappa shape index (κ2) is 9.97. The molecule has 0 saturated carbocycles. The first-order valence-corrected chi connectivity index (χ1v) is 11.0. The molecule has 1 aliphatic rings. The molecule has 0 radical (unpaired) electrons. The van der Waals surface area contributed by atoms with E-state index in [0.717, 1.165) is 23.3 Å². The van der Waals surface area contributed by atoms with Gasteiger partial charge in [-0.15, -0.1) is 24.0 Å². The summed E-state index contributed by atoms with van der Waals surface area (Å²) in [6, 6.07) is 14.9. The maximum Gasteiger partial charge on any atom is 0.240 e. The summed E-state index contributed by atoms with van der Waals surface area (Å²) in [6.07, 6.45) is 0.807. The number of nitrogens with one attached hydrogen (secondary N) is 3. The average molecular weight is 544 g/mol. The quantitative estimate of drug-likeness (QED) is 0.306. The van der Waals surface area contributed by atoms with Gasteiger partial charge in [-0.1, -0.05) is 30.3 Å². The molecule has 9 heteroatoms. The van der Waals surface area contributed by atoms with Gasteiger partial charge in [0.05, 0.1) is 10.9 Å². The van der Waals surface area contributed by atoms with E-state index in [2.05, 4.69) is 40.3 Å². The molecule has 0 fully saturated rings. The van der Waals surface area contributed by atoms with Crippen LogP contribution in [0.4, 0.5) is 0 Å². The Kier molecular flexibility index (Phi) is 8.12. The summed E-state index contributed by atoms with van der Waals surface area (Å²) in [6.45, 7) is 4.68. The molecule has 1 atom stereocenters. The van der Waals surface area contributed by atoms with Gasteiger partial charge >= 0.3 is 0 Å². The van der Waals surface area contributed by atoms with E-state index in [0.29, 0.717) is 12.5 Å². The summed E-state index contributed by atoms with van der Waals surface area (Å²) in [4.78, 5) is 4.58. The van der Waals surface area contributed by atoms with Crippen molar-refractivity contribution in [1.82, 2.24) is 15.4 Å². The third kappa shape index (κ3) is 5.86. The normalized spacial score (nSPS) is 17.9. The van der Waals surface area contributed by atoms with Crippen LogP contribution in [0.5, 0.6) is 5.75 Å². The van der Waals surface area contributed by atoms with Gasteiger partial charge in [0.1, 0.15) is 11.4 Å². The molecule has 0 spiro atoms. The van der Waals surface area contributed by atoms with Crippen LogP contribution in [0.15, 0.2) is 58.4 Å². The number of sulfonamides is 1. The van der Waals surface area contributed by atoms with Crippen molar-refractivity contribution in [2.75, 3.05) is 14.1 Å². The highest BCUT2D eigenvalue weighted by Crippen LogP contribution is 2.39.